The summed E-state index contributed by atoms with van der Waals surface area (Å²) < 4.78 is 33.3. The van der Waals surface area contributed by atoms with E-state index in [2.05, 4.69) is 20.2 Å². The third-order valence-corrected chi connectivity index (χ3v) is 6.83. The molecule has 0 aliphatic carbocycles. The predicted molar refractivity (Wildman–Crippen MR) is 128 cm³/mol. The Labute approximate surface area is 195 Å². The second-order valence-corrected chi connectivity index (χ2v) is 9.66. The van der Waals surface area contributed by atoms with Gasteiger partial charge in [0.05, 0.1) is 4.90 Å². The minimum atomic E-state index is -3.79. The van der Waals surface area contributed by atoms with Crippen LogP contribution in [0.15, 0.2) is 87.0 Å². The van der Waals surface area contributed by atoms with Crippen molar-refractivity contribution in [3.05, 3.63) is 83.9 Å². The van der Waals surface area contributed by atoms with Gasteiger partial charge in [-0.3, -0.25) is 14.8 Å². The van der Waals surface area contributed by atoms with Crippen LogP contribution in [-0.4, -0.2) is 30.8 Å². The molecule has 8 nitrogen and oxygen atoms in total. The van der Waals surface area contributed by atoms with Crippen molar-refractivity contribution >= 4 is 39.4 Å². The van der Waals surface area contributed by atoms with Gasteiger partial charge in [0.1, 0.15) is 0 Å². The van der Waals surface area contributed by atoms with Crippen LogP contribution in [0, 0.1) is 6.92 Å². The Kier molecular flexibility index (Phi) is 6.47. The first-order chi connectivity index (χ1) is 15.8. The Morgan fingerprint density at radius 1 is 0.970 bits per heavy atom. The molecule has 33 heavy (non-hydrogen) atoms. The molecule has 0 saturated heterocycles. The average molecular weight is 481 g/mol. The fourth-order valence-electron chi connectivity index (χ4n) is 2.95. The van der Waals surface area contributed by atoms with E-state index in [9.17, 15) is 13.2 Å². The molecule has 3 aromatic carbocycles. The minimum absolute atomic E-state index is 0.0606. The van der Waals surface area contributed by atoms with E-state index in [-0.39, 0.29) is 28.1 Å². The van der Waals surface area contributed by atoms with E-state index in [0.717, 1.165) is 16.0 Å². The van der Waals surface area contributed by atoms with E-state index in [1.807, 2.05) is 37.4 Å². The molecule has 0 atom stereocenters. The van der Waals surface area contributed by atoms with Crippen LogP contribution in [0.25, 0.3) is 11.5 Å². The number of carbonyl (C=O) groups is 1. The van der Waals surface area contributed by atoms with Gasteiger partial charge in [0, 0.05) is 21.7 Å². The summed E-state index contributed by atoms with van der Waals surface area (Å²) in [5, 5.41) is 10.4. The Hall–Kier alpha value is -3.63. The second kappa shape index (κ2) is 9.47. The van der Waals surface area contributed by atoms with Crippen molar-refractivity contribution in [2.24, 2.45) is 0 Å². The number of carbonyl (C=O) groups excluding carboxylic acids is 1. The maximum atomic E-state index is 12.6. The zero-order chi connectivity index (χ0) is 23.4. The van der Waals surface area contributed by atoms with Crippen molar-refractivity contribution in [2.75, 3.05) is 16.3 Å². The van der Waals surface area contributed by atoms with Crippen LogP contribution in [0.4, 0.5) is 11.7 Å². The fourth-order valence-corrected chi connectivity index (χ4v) is 4.41. The van der Waals surface area contributed by atoms with E-state index < -0.39 is 15.9 Å². The highest BCUT2D eigenvalue weighted by Crippen LogP contribution is 2.24. The smallest absolute Gasteiger partial charge is 0.322 e. The highest BCUT2D eigenvalue weighted by molar-refractivity contribution is 7.98. The van der Waals surface area contributed by atoms with Crippen molar-refractivity contribution in [2.45, 2.75) is 16.7 Å². The van der Waals surface area contributed by atoms with E-state index >= 15 is 0 Å². The number of nitrogens with one attached hydrogen (secondary N) is 2. The summed E-state index contributed by atoms with van der Waals surface area (Å²) in [5.41, 5.74) is 2.16. The summed E-state index contributed by atoms with van der Waals surface area (Å²) in [6.07, 6.45) is 1.98. The molecule has 2 N–H and O–H groups in total. The van der Waals surface area contributed by atoms with Crippen molar-refractivity contribution in [3.8, 4) is 11.5 Å². The van der Waals surface area contributed by atoms with E-state index in [4.69, 9.17) is 4.42 Å². The number of anilines is 2. The highest BCUT2D eigenvalue weighted by atomic mass is 32.2. The zero-order valence-electron chi connectivity index (χ0n) is 17.8. The van der Waals surface area contributed by atoms with Gasteiger partial charge in [-0.15, -0.1) is 16.9 Å². The first kappa shape index (κ1) is 22.6. The van der Waals surface area contributed by atoms with Crippen LogP contribution in [0.3, 0.4) is 0 Å². The maximum Gasteiger partial charge on any atom is 0.322 e. The van der Waals surface area contributed by atoms with Gasteiger partial charge in [-0.2, -0.15) is 0 Å². The topological polar surface area (TPSA) is 114 Å². The summed E-state index contributed by atoms with van der Waals surface area (Å²) >= 11 is 1.62. The van der Waals surface area contributed by atoms with Gasteiger partial charge in [-0.05, 0) is 67.8 Å². The molecule has 4 aromatic rings. The van der Waals surface area contributed by atoms with E-state index in [1.54, 1.807) is 42.1 Å². The number of amides is 1. The molecule has 0 unspecified atom stereocenters. The van der Waals surface area contributed by atoms with E-state index in [0.29, 0.717) is 0 Å². The molecule has 0 bridgehead atoms. The zero-order valence-corrected chi connectivity index (χ0v) is 19.4. The van der Waals surface area contributed by atoms with Gasteiger partial charge in [-0.1, -0.05) is 28.9 Å². The molecule has 1 heterocycles. The Morgan fingerprint density at radius 2 is 1.70 bits per heavy atom. The predicted octanol–water partition coefficient (Wildman–Crippen LogP) is 4.82. The van der Waals surface area contributed by atoms with Crippen LogP contribution in [0.2, 0.25) is 0 Å². The van der Waals surface area contributed by atoms with Gasteiger partial charge in [0.25, 0.3) is 15.9 Å². The summed E-state index contributed by atoms with van der Waals surface area (Å²) in [4.78, 5) is 13.9. The molecule has 0 radical (unpaired) electrons. The SMILES string of the molecule is CSc1ccc(-c2nnc(NC(=O)c3cccc(NS(=O)(=O)c4ccc(C)cc4)c3)o2)cc1. The molecule has 0 fully saturated rings. The maximum absolute atomic E-state index is 12.6. The molecular formula is C23H20N4O4S2. The molecule has 4 rings (SSSR count). The molecule has 1 aromatic heterocycles. The van der Waals surface area contributed by atoms with Crippen LogP contribution >= 0.6 is 11.8 Å². The number of hydrogen-bond acceptors (Lipinski definition) is 7. The second-order valence-electron chi connectivity index (χ2n) is 7.09. The van der Waals surface area contributed by atoms with Gasteiger partial charge in [0.2, 0.25) is 5.89 Å². The van der Waals surface area contributed by atoms with Crippen LogP contribution in [-0.2, 0) is 10.0 Å². The summed E-state index contributed by atoms with van der Waals surface area (Å²) in [5.74, 6) is -0.239. The number of aromatic nitrogens is 2. The Morgan fingerprint density at radius 3 is 2.39 bits per heavy atom. The van der Waals surface area contributed by atoms with Gasteiger partial charge in [-0.25, -0.2) is 8.42 Å². The van der Waals surface area contributed by atoms with Crippen molar-refractivity contribution < 1.29 is 17.6 Å². The van der Waals surface area contributed by atoms with Crippen molar-refractivity contribution in [3.63, 3.8) is 0 Å². The van der Waals surface area contributed by atoms with Gasteiger partial charge in [0.15, 0.2) is 0 Å². The van der Waals surface area contributed by atoms with Gasteiger partial charge >= 0.3 is 6.01 Å². The van der Waals surface area contributed by atoms with Gasteiger partial charge < -0.3 is 4.42 Å². The summed E-state index contributed by atoms with van der Waals surface area (Å²) in [6.45, 7) is 1.87. The number of thioether (sulfide) groups is 1. The minimum Gasteiger partial charge on any atom is -0.403 e. The lowest BCUT2D eigenvalue weighted by Gasteiger charge is -2.09. The van der Waals surface area contributed by atoms with Crippen molar-refractivity contribution in [1.29, 1.82) is 0 Å². The number of nitrogens with zero attached hydrogens (tertiary/aromatic N) is 2. The molecule has 0 spiro atoms. The third-order valence-electron chi connectivity index (χ3n) is 4.69. The molecule has 10 heteroatoms. The lowest BCUT2D eigenvalue weighted by molar-refractivity contribution is 0.102. The largest absolute Gasteiger partial charge is 0.403 e. The number of hydrogen-bond donors (Lipinski definition) is 2. The molecular weight excluding hydrogens is 460 g/mol. The Balaban J connectivity index is 1.47. The number of benzene rings is 3. The lowest BCUT2D eigenvalue weighted by atomic mass is 10.2. The van der Waals surface area contributed by atoms with Crippen LogP contribution in [0.5, 0.6) is 0 Å². The molecule has 1 amide bonds. The first-order valence-electron chi connectivity index (χ1n) is 9.83. The van der Waals surface area contributed by atoms with Crippen molar-refractivity contribution in [1.82, 2.24) is 10.2 Å². The normalized spacial score (nSPS) is 11.2. The van der Waals surface area contributed by atoms with Crippen LogP contribution in [0.1, 0.15) is 15.9 Å². The first-order valence-corrected chi connectivity index (χ1v) is 12.5. The van der Waals surface area contributed by atoms with E-state index in [1.165, 1.54) is 18.2 Å². The molecule has 0 saturated carbocycles. The molecule has 0 aliphatic rings. The standard InChI is InChI=1S/C23H20N4O4S2/c1-15-6-12-20(13-7-15)33(29,30)27-18-5-3-4-17(14-18)21(28)24-23-26-25-22(31-23)16-8-10-19(32-2)11-9-16/h3-14,27H,1-2H3,(H,24,26,28). The number of sulfonamides is 1. The number of rotatable bonds is 7. The molecule has 168 valence electrons. The Bertz CT molecular complexity index is 1380. The highest BCUT2D eigenvalue weighted by Gasteiger charge is 2.16. The summed E-state index contributed by atoms with van der Waals surface area (Å²) in [7, 11) is -3.79. The average Bonchev–Trinajstić information content (AvgIpc) is 3.28. The third kappa shape index (κ3) is 5.41. The fraction of sp³-hybridized carbons (Fsp3) is 0.0870. The molecule has 0 aliphatic heterocycles. The lowest BCUT2D eigenvalue weighted by Crippen LogP contribution is -2.15. The number of aryl methyl sites for hydroxylation is 1. The monoisotopic (exact) mass is 480 g/mol. The summed E-state index contributed by atoms with van der Waals surface area (Å²) in [6, 6.07) is 20.1. The quantitative estimate of drug-likeness (QED) is 0.365. The van der Waals surface area contributed by atoms with Crippen LogP contribution < -0.4 is 10.0 Å².